The van der Waals surface area contributed by atoms with Crippen LogP contribution in [0.5, 0.6) is 5.88 Å². The first-order valence-electron chi connectivity index (χ1n) is 10.3. The largest absolute Gasteiger partial charge is 0.476 e. The molecule has 0 bridgehead atoms. The van der Waals surface area contributed by atoms with Gasteiger partial charge in [0, 0.05) is 0 Å². The summed E-state index contributed by atoms with van der Waals surface area (Å²) in [6, 6.07) is 0. The summed E-state index contributed by atoms with van der Waals surface area (Å²) >= 11 is 0. The Labute approximate surface area is 166 Å². The molecule has 28 heavy (non-hydrogen) atoms. The quantitative estimate of drug-likeness (QED) is 0.281. The van der Waals surface area contributed by atoms with E-state index in [-0.39, 0.29) is 6.54 Å². The number of aromatic nitrogens is 4. The molecular weight excluding hydrogens is 360 g/mol. The fourth-order valence-electron chi connectivity index (χ4n) is 3.10. The number of fused-ring (bicyclic) bond motifs is 1. The van der Waals surface area contributed by atoms with Gasteiger partial charge < -0.3 is 19.1 Å². The van der Waals surface area contributed by atoms with E-state index in [9.17, 15) is 4.79 Å². The molecule has 0 atom stereocenters. The third-order valence-corrected chi connectivity index (χ3v) is 4.63. The molecule has 2 aromatic heterocycles. The lowest BCUT2D eigenvalue weighted by atomic mass is 10.1. The number of rotatable bonds is 15. The second kappa shape index (κ2) is 13.0. The molecule has 0 radical (unpaired) electrons. The summed E-state index contributed by atoms with van der Waals surface area (Å²) in [5.41, 5.74) is 1.02. The molecule has 0 saturated carbocycles. The van der Waals surface area contributed by atoms with Crippen molar-refractivity contribution in [2.45, 2.75) is 77.7 Å². The normalized spacial score (nSPS) is 11.1. The van der Waals surface area contributed by atoms with Crippen molar-refractivity contribution < 1.29 is 19.4 Å². The summed E-state index contributed by atoms with van der Waals surface area (Å²) in [5.74, 6) is -0.136. The molecule has 0 amide bonds. The van der Waals surface area contributed by atoms with Crippen LogP contribution in [0.2, 0.25) is 0 Å². The minimum atomic E-state index is -0.645. The molecule has 2 aromatic rings. The van der Waals surface area contributed by atoms with Gasteiger partial charge in [-0.1, -0.05) is 64.7 Å². The van der Waals surface area contributed by atoms with Crippen molar-refractivity contribution >= 4 is 17.1 Å². The van der Waals surface area contributed by atoms with Gasteiger partial charge in [-0.15, -0.1) is 0 Å². The Morgan fingerprint density at radius 2 is 1.68 bits per heavy atom. The van der Waals surface area contributed by atoms with Gasteiger partial charge in [-0.25, -0.2) is 9.97 Å². The summed E-state index contributed by atoms with van der Waals surface area (Å²) in [4.78, 5) is 24.1. The lowest BCUT2D eigenvalue weighted by molar-refractivity contribution is -0.152. The standard InChI is InChI=1S/C20H32N4O4/c1-2-3-4-5-6-7-8-9-10-11-12-27-20-18-19(21-14-22-20)24(15-23-18)13-17(26)28-16-25/h14-15,25H,2-13,16H2,1H3. The molecule has 2 rings (SSSR count). The van der Waals surface area contributed by atoms with E-state index >= 15 is 0 Å². The zero-order valence-electron chi connectivity index (χ0n) is 16.8. The van der Waals surface area contributed by atoms with Crippen LogP contribution in [-0.4, -0.2) is 44.0 Å². The van der Waals surface area contributed by atoms with Crippen LogP contribution in [-0.2, 0) is 16.1 Å². The molecule has 0 aliphatic heterocycles. The van der Waals surface area contributed by atoms with Crippen molar-refractivity contribution in [1.29, 1.82) is 0 Å². The van der Waals surface area contributed by atoms with E-state index < -0.39 is 12.8 Å². The van der Waals surface area contributed by atoms with Crippen molar-refractivity contribution in [2.24, 2.45) is 0 Å². The maximum atomic E-state index is 11.5. The lowest BCUT2D eigenvalue weighted by Gasteiger charge is -2.06. The molecule has 8 nitrogen and oxygen atoms in total. The second-order valence-corrected chi connectivity index (χ2v) is 6.90. The molecule has 8 heteroatoms. The number of esters is 1. The predicted octanol–water partition coefficient (Wildman–Crippen LogP) is 3.62. The van der Waals surface area contributed by atoms with Crippen LogP contribution in [0, 0.1) is 0 Å². The monoisotopic (exact) mass is 392 g/mol. The summed E-state index contributed by atoms with van der Waals surface area (Å²) in [6.45, 7) is 2.11. The third-order valence-electron chi connectivity index (χ3n) is 4.63. The highest BCUT2D eigenvalue weighted by atomic mass is 16.6. The summed E-state index contributed by atoms with van der Waals surface area (Å²) in [6.07, 6.45) is 15.6. The first-order chi connectivity index (χ1) is 13.8. The molecular formula is C20H32N4O4. The first-order valence-corrected chi connectivity index (χ1v) is 10.3. The topological polar surface area (TPSA) is 99.4 Å². The number of carbonyl (C=O) groups excluding carboxylic acids is 1. The fourth-order valence-corrected chi connectivity index (χ4v) is 3.10. The van der Waals surface area contributed by atoms with Crippen LogP contribution < -0.4 is 4.74 Å². The molecule has 0 unspecified atom stereocenters. The van der Waals surface area contributed by atoms with Crippen LogP contribution in [0.4, 0.5) is 0 Å². The van der Waals surface area contributed by atoms with Crippen LogP contribution in [0.15, 0.2) is 12.7 Å². The van der Waals surface area contributed by atoms with Gasteiger partial charge in [0.1, 0.15) is 12.9 Å². The van der Waals surface area contributed by atoms with Gasteiger partial charge >= 0.3 is 5.97 Å². The van der Waals surface area contributed by atoms with Crippen molar-refractivity contribution in [1.82, 2.24) is 19.5 Å². The summed E-state index contributed by atoms with van der Waals surface area (Å²) in [7, 11) is 0. The lowest BCUT2D eigenvalue weighted by Crippen LogP contribution is -2.13. The highest BCUT2D eigenvalue weighted by Crippen LogP contribution is 2.20. The van der Waals surface area contributed by atoms with Gasteiger partial charge in [-0.3, -0.25) is 4.79 Å². The number of hydrogen-bond acceptors (Lipinski definition) is 7. The number of nitrogens with zero attached hydrogens (tertiary/aromatic N) is 4. The minimum absolute atomic E-state index is 0.0774. The molecule has 1 N–H and O–H groups in total. The number of carbonyl (C=O) groups is 1. The number of hydrogen-bond donors (Lipinski definition) is 1. The summed E-state index contributed by atoms with van der Waals surface area (Å²) in [5, 5.41) is 8.64. The zero-order chi connectivity index (χ0) is 20.0. The van der Waals surface area contributed by atoms with Gasteiger partial charge in [0.05, 0.1) is 12.9 Å². The maximum Gasteiger partial charge on any atom is 0.328 e. The van der Waals surface area contributed by atoms with E-state index in [1.54, 1.807) is 4.57 Å². The van der Waals surface area contributed by atoms with Gasteiger partial charge in [0.2, 0.25) is 5.88 Å². The Morgan fingerprint density at radius 3 is 2.36 bits per heavy atom. The van der Waals surface area contributed by atoms with Gasteiger partial charge in [0.15, 0.2) is 18.0 Å². The molecule has 0 aliphatic carbocycles. The Morgan fingerprint density at radius 1 is 1.00 bits per heavy atom. The van der Waals surface area contributed by atoms with E-state index in [0.717, 1.165) is 12.8 Å². The SMILES string of the molecule is CCCCCCCCCCCCOc1ncnc2c1ncn2CC(=O)OCO. The Bertz CT molecular complexity index is 705. The third kappa shape index (κ3) is 7.42. The van der Waals surface area contributed by atoms with Crippen molar-refractivity contribution in [3.05, 3.63) is 12.7 Å². The van der Waals surface area contributed by atoms with E-state index in [4.69, 9.17) is 9.84 Å². The zero-order valence-corrected chi connectivity index (χ0v) is 16.8. The maximum absolute atomic E-state index is 11.5. The predicted molar refractivity (Wildman–Crippen MR) is 106 cm³/mol. The second-order valence-electron chi connectivity index (χ2n) is 6.90. The van der Waals surface area contributed by atoms with Gasteiger partial charge in [-0.2, -0.15) is 4.98 Å². The van der Waals surface area contributed by atoms with E-state index in [0.29, 0.717) is 23.7 Å². The first kappa shape index (κ1) is 22.1. The number of ether oxygens (including phenoxy) is 2. The highest BCUT2D eigenvalue weighted by Gasteiger charge is 2.13. The summed E-state index contributed by atoms with van der Waals surface area (Å²) < 4.78 is 11.8. The van der Waals surface area contributed by atoms with Crippen molar-refractivity contribution in [3.63, 3.8) is 0 Å². The minimum Gasteiger partial charge on any atom is -0.476 e. The van der Waals surface area contributed by atoms with Crippen LogP contribution in [0.1, 0.15) is 71.1 Å². The highest BCUT2D eigenvalue weighted by molar-refractivity contribution is 5.78. The number of imidazole rings is 1. The molecule has 0 fully saturated rings. The van der Waals surface area contributed by atoms with Gasteiger partial charge in [-0.05, 0) is 6.42 Å². The smallest absolute Gasteiger partial charge is 0.328 e. The molecule has 156 valence electrons. The fraction of sp³-hybridized carbons (Fsp3) is 0.700. The Kier molecular flexibility index (Phi) is 10.3. The molecule has 0 saturated heterocycles. The number of aliphatic hydroxyl groups is 1. The van der Waals surface area contributed by atoms with Crippen LogP contribution >= 0.6 is 0 Å². The molecule has 2 heterocycles. The van der Waals surface area contributed by atoms with Gasteiger partial charge in [0.25, 0.3) is 0 Å². The average Bonchev–Trinajstić information content (AvgIpc) is 3.10. The van der Waals surface area contributed by atoms with E-state index in [1.807, 2.05) is 0 Å². The van der Waals surface area contributed by atoms with Crippen molar-refractivity contribution in [3.8, 4) is 5.88 Å². The Hall–Kier alpha value is -2.22. The number of aliphatic hydroxyl groups excluding tert-OH is 1. The molecule has 0 aromatic carbocycles. The van der Waals surface area contributed by atoms with Crippen LogP contribution in [0.25, 0.3) is 11.2 Å². The molecule has 0 spiro atoms. The average molecular weight is 393 g/mol. The van der Waals surface area contributed by atoms with Crippen LogP contribution in [0.3, 0.4) is 0 Å². The van der Waals surface area contributed by atoms with E-state index in [1.165, 1.54) is 64.0 Å². The van der Waals surface area contributed by atoms with E-state index in [2.05, 4.69) is 26.6 Å². The Balaban J connectivity index is 1.67. The van der Waals surface area contributed by atoms with Crippen molar-refractivity contribution in [2.75, 3.05) is 13.4 Å². The number of unbranched alkanes of at least 4 members (excludes halogenated alkanes) is 9. The molecule has 0 aliphatic rings.